The van der Waals surface area contributed by atoms with E-state index in [0.29, 0.717) is 13.2 Å². The summed E-state index contributed by atoms with van der Waals surface area (Å²) < 4.78 is 4.63. The van der Waals surface area contributed by atoms with Crippen molar-refractivity contribution in [3.63, 3.8) is 0 Å². The second-order valence-electron chi connectivity index (χ2n) is 2.75. The Kier molecular flexibility index (Phi) is 4.94. The number of benzene rings is 1. The van der Waals surface area contributed by atoms with E-state index in [0.717, 1.165) is 11.8 Å². The van der Waals surface area contributed by atoms with Gasteiger partial charge < -0.3 is 9.57 Å². The number of ether oxygens (including phenoxy) is 1. The standard InChI is InChI=1S/C11H13NO3/c1-2-14-11(13)8-12-15-9-10-6-4-3-5-7-10/h3-8H,2,9H2,1H3/b12-8+. The van der Waals surface area contributed by atoms with Crippen molar-refractivity contribution in [2.45, 2.75) is 13.5 Å². The second-order valence-corrected chi connectivity index (χ2v) is 2.75. The van der Waals surface area contributed by atoms with Crippen molar-refractivity contribution in [2.24, 2.45) is 5.16 Å². The van der Waals surface area contributed by atoms with Gasteiger partial charge in [0.25, 0.3) is 0 Å². The average molecular weight is 207 g/mol. The highest BCUT2D eigenvalue weighted by molar-refractivity contribution is 6.22. The van der Waals surface area contributed by atoms with E-state index in [9.17, 15) is 4.79 Å². The van der Waals surface area contributed by atoms with Crippen LogP contribution in [-0.2, 0) is 21.0 Å². The Morgan fingerprint density at radius 3 is 2.80 bits per heavy atom. The lowest BCUT2D eigenvalue weighted by molar-refractivity contribution is -0.134. The Morgan fingerprint density at radius 1 is 1.40 bits per heavy atom. The molecule has 0 atom stereocenters. The molecule has 0 aliphatic carbocycles. The van der Waals surface area contributed by atoms with Crippen LogP contribution in [0, 0.1) is 0 Å². The van der Waals surface area contributed by atoms with Gasteiger partial charge in [-0.15, -0.1) is 0 Å². The molecule has 15 heavy (non-hydrogen) atoms. The van der Waals surface area contributed by atoms with E-state index in [4.69, 9.17) is 4.84 Å². The summed E-state index contributed by atoms with van der Waals surface area (Å²) in [6.45, 7) is 2.41. The summed E-state index contributed by atoms with van der Waals surface area (Å²) in [6, 6.07) is 9.58. The Morgan fingerprint density at radius 2 is 2.13 bits per heavy atom. The van der Waals surface area contributed by atoms with Crippen molar-refractivity contribution in [1.29, 1.82) is 0 Å². The van der Waals surface area contributed by atoms with Crippen molar-refractivity contribution in [3.8, 4) is 0 Å². The predicted molar refractivity (Wildman–Crippen MR) is 56.4 cm³/mol. The molecule has 1 aromatic carbocycles. The van der Waals surface area contributed by atoms with Crippen LogP contribution in [0.4, 0.5) is 0 Å². The molecule has 0 aromatic heterocycles. The maximum absolute atomic E-state index is 10.8. The van der Waals surface area contributed by atoms with Crippen molar-refractivity contribution in [1.82, 2.24) is 0 Å². The molecule has 0 aliphatic heterocycles. The van der Waals surface area contributed by atoms with Crippen LogP contribution in [0.2, 0.25) is 0 Å². The van der Waals surface area contributed by atoms with Crippen molar-refractivity contribution in [2.75, 3.05) is 6.61 Å². The molecule has 0 spiro atoms. The highest BCUT2D eigenvalue weighted by Crippen LogP contribution is 1.99. The number of nitrogens with zero attached hydrogens (tertiary/aromatic N) is 1. The van der Waals surface area contributed by atoms with Gasteiger partial charge in [0.1, 0.15) is 6.61 Å². The van der Waals surface area contributed by atoms with Crippen LogP contribution in [0.1, 0.15) is 12.5 Å². The van der Waals surface area contributed by atoms with Gasteiger partial charge in [0.05, 0.1) is 6.61 Å². The van der Waals surface area contributed by atoms with Gasteiger partial charge in [-0.1, -0.05) is 35.5 Å². The average Bonchev–Trinajstić information content (AvgIpc) is 2.26. The van der Waals surface area contributed by atoms with Crippen LogP contribution in [0.25, 0.3) is 0 Å². The molecule has 0 heterocycles. The van der Waals surface area contributed by atoms with Gasteiger partial charge in [0, 0.05) is 0 Å². The number of oxime groups is 1. The molecule has 0 saturated heterocycles. The molecule has 0 N–H and O–H groups in total. The maximum Gasteiger partial charge on any atom is 0.352 e. The molecule has 4 heteroatoms. The smallest absolute Gasteiger partial charge is 0.352 e. The minimum absolute atomic E-state index is 0.337. The number of rotatable bonds is 5. The molecule has 0 aliphatic rings. The molecule has 0 fully saturated rings. The molecule has 0 radical (unpaired) electrons. The van der Waals surface area contributed by atoms with E-state index >= 15 is 0 Å². The monoisotopic (exact) mass is 207 g/mol. The molecule has 1 rings (SSSR count). The summed E-state index contributed by atoms with van der Waals surface area (Å²) >= 11 is 0. The zero-order valence-corrected chi connectivity index (χ0v) is 8.55. The summed E-state index contributed by atoms with van der Waals surface area (Å²) in [6.07, 6.45) is 1.02. The number of esters is 1. The molecule has 0 amide bonds. The predicted octanol–water partition coefficient (Wildman–Crippen LogP) is 1.75. The molecule has 0 saturated carbocycles. The molecule has 1 aromatic rings. The Bertz CT molecular complexity index is 322. The maximum atomic E-state index is 10.8. The molecular formula is C11H13NO3. The zero-order valence-electron chi connectivity index (χ0n) is 8.55. The van der Waals surface area contributed by atoms with Crippen LogP contribution in [0.3, 0.4) is 0 Å². The van der Waals surface area contributed by atoms with Gasteiger partial charge in [0.2, 0.25) is 0 Å². The molecule has 80 valence electrons. The van der Waals surface area contributed by atoms with Crippen molar-refractivity contribution < 1.29 is 14.4 Å². The Hall–Kier alpha value is -1.84. The summed E-state index contributed by atoms with van der Waals surface area (Å²) in [7, 11) is 0. The van der Waals surface area contributed by atoms with Crippen LogP contribution in [0.5, 0.6) is 0 Å². The third-order valence-electron chi connectivity index (χ3n) is 1.59. The lowest BCUT2D eigenvalue weighted by Gasteiger charge is -1.98. The van der Waals surface area contributed by atoms with Gasteiger partial charge >= 0.3 is 5.97 Å². The SMILES string of the molecule is CCOC(=O)/C=N/OCc1ccccc1. The van der Waals surface area contributed by atoms with E-state index < -0.39 is 5.97 Å². The first-order valence-electron chi connectivity index (χ1n) is 4.69. The number of carbonyl (C=O) groups is 1. The highest BCUT2D eigenvalue weighted by Gasteiger charge is 1.94. The minimum atomic E-state index is -0.495. The third kappa shape index (κ3) is 4.81. The summed E-state index contributed by atoms with van der Waals surface area (Å²) in [4.78, 5) is 15.7. The van der Waals surface area contributed by atoms with Crippen LogP contribution < -0.4 is 0 Å². The van der Waals surface area contributed by atoms with Gasteiger partial charge in [-0.3, -0.25) is 0 Å². The van der Waals surface area contributed by atoms with Crippen molar-refractivity contribution >= 4 is 12.2 Å². The van der Waals surface area contributed by atoms with Crippen LogP contribution >= 0.6 is 0 Å². The lowest BCUT2D eigenvalue weighted by atomic mass is 10.2. The molecular weight excluding hydrogens is 194 g/mol. The van der Waals surface area contributed by atoms with Crippen LogP contribution in [0.15, 0.2) is 35.5 Å². The van der Waals surface area contributed by atoms with Gasteiger partial charge in [0.15, 0.2) is 6.21 Å². The molecule has 0 unspecified atom stereocenters. The molecule has 4 nitrogen and oxygen atoms in total. The minimum Gasteiger partial charge on any atom is -0.462 e. The number of hydrogen-bond acceptors (Lipinski definition) is 4. The van der Waals surface area contributed by atoms with Gasteiger partial charge in [-0.2, -0.15) is 0 Å². The first-order chi connectivity index (χ1) is 7.33. The second kappa shape index (κ2) is 6.59. The first kappa shape index (κ1) is 11.2. The third-order valence-corrected chi connectivity index (χ3v) is 1.59. The highest BCUT2D eigenvalue weighted by atomic mass is 16.6. The fourth-order valence-corrected chi connectivity index (χ4v) is 0.946. The van der Waals surface area contributed by atoms with Crippen molar-refractivity contribution in [3.05, 3.63) is 35.9 Å². The van der Waals surface area contributed by atoms with E-state index in [1.54, 1.807) is 6.92 Å². The Balaban J connectivity index is 2.24. The number of carbonyl (C=O) groups excluding carboxylic acids is 1. The normalized spacial score (nSPS) is 10.2. The molecule has 0 bridgehead atoms. The van der Waals surface area contributed by atoms with Gasteiger partial charge in [-0.25, -0.2) is 4.79 Å². The van der Waals surface area contributed by atoms with E-state index in [2.05, 4.69) is 9.89 Å². The van der Waals surface area contributed by atoms with E-state index in [-0.39, 0.29) is 0 Å². The largest absolute Gasteiger partial charge is 0.462 e. The Labute approximate surface area is 88.5 Å². The fraction of sp³-hybridized carbons (Fsp3) is 0.273. The number of hydrogen-bond donors (Lipinski definition) is 0. The van der Waals surface area contributed by atoms with Gasteiger partial charge in [-0.05, 0) is 12.5 Å². The summed E-state index contributed by atoms with van der Waals surface area (Å²) in [5, 5.41) is 3.49. The van der Waals surface area contributed by atoms with E-state index in [1.165, 1.54) is 0 Å². The van der Waals surface area contributed by atoms with E-state index in [1.807, 2.05) is 30.3 Å². The quantitative estimate of drug-likeness (QED) is 0.420. The van der Waals surface area contributed by atoms with Crippen LogP contribution in [-0.4, -0.2) is 18.8 Å². The zero-order chi connectivity index (χ0) is 10.9. The lowest BCUT2D eigenvalue weighted by Crippen LogP contribution is -2.05. The first-order valence-corrected chi connectivity index (χ1v) is 4.69. The summed E-state index contributed by atoms with van der Waals surface area (Å²) in [5.74, 6) is -0.495. The fourth-order valence-electron chi connectivity index (χ4n) is 0.946. The topological polar surface area (TPSA) is 47.9 Å². The summed E-state index contributed by atoms with van der Waals surface area (Å²) in [5.41, 5.74) is 0.999.